The third kappa shape index (κ3) is 2.73. The summed E-state index contributed by atoms with van der Waals surface area (Å²) in [4.78, 5) is 36.4. The molecule has 1 aromatic heterocycles. The predicted molar refractivity (Wildman–Crippen MR) is 93.0 cm³/mol. The van der Waals surface area contributed by atoms with Gasteiger partial charge in [0.15, 0.2) is 5.41 Å². The molecule has 0 bridgehead atoms. The van der Waals surface area contributed by atoms with Crippen molar-refractivity contribution in [1.82, 2.24) is 4.57 Å². The molecule has 0 radical (unpaired) electrons. The highest BCUT2D eigenvalue weighted by molar-refractivity contribution is 6.05. The molecular formula is C19H21NO6. The Balaban J connectivity index is 2.08. The van der Waals surface area contributed by atoms with Gasteiger partial charge in [0.05, 0.1) is 12.6 Å². The van der Waals surface area contributed by atoms with Crippen LogP contribution in [0.25, 0.3) is 10.9 Å². The highest BCUT2D eigenvalue weighted by atomic mass is 16.6. The van der Waals surface area contributed by atoms with Gasteiger partial charge in [0.2, 0.25) is 0 Å². The molecule has 1 aliphatic rings. The summed E-state index contributed by atoms with van der Waals surface area (Å²) in [6, 6.07) is 7.14. The Kier molecular flexibility index (Phi) is 4.05. The monoisotopic (exact) mass is 359 g/mol. The van der Waals surface area contributed by atoms with Crippen LogP contribution >= 0.6 is 0 Å². The van der Waals surface area contributed by atoms with Crippen LogP contribution in [-0.4, -0.2) is 40.4 Å². The smallest absolute Gasteiger partial charge is 0.419 e. The third-order valence-corrected chi connectivity index (χ3v) is 4.60. The van der Waals surface area contributed by atoms with Crippen molar-refractivity contribution in [2.45, 2.75) is 38.7 Å². The Morgan fingerprint density at radius 1 is 1.23 bits per heavy atom. The lowest BCUT2D eigenvalue weighted by atomic mass is 9.99. The van der Waals surface area contributed by atoms with Crippen molar-refractivity contribution in [2.75, 3.05) is 7.11 Å². The molecule has 1 fully saturated rings. The van der Waals surface area contributed by atoms with E-state index in [9.17, 15) is 19.5 Å². The van der Waals surface area contributed by atoms with Gasteiger partial charge in [-0.05, 0) is 38.8 Å². The van der Waals surface area contributed by atoms with Gasteiger partial charge in [-0.2, -0.15) is 0 Å². The number of esters is 1. The normalized spacial score (nSPS) is 22.1. The number of benzene rings is 1. The van der Waals surface area contributed by atoms with Gasteiger partial charge >= 0.3 is 18.0 Å². The number of carbonyl (C=O) groups excluding carboxylic acids is 2. The van der Waals surface area contributed by atoms with Crippen LogP contribution in [0.4, 0.5) is 4.79 Å². The summed E-state index contributed by atoms with van der Waals surface area (Å²) in [7, 11) is 1.17. The first-order valence-electron chi connectivity index (χ1n) is 8.27. The summed E-state index contributed by atoms with van der Waals surface area (Å²) in [6.45, 7) is 5.31. The maximum atomic E-state index is 12.5. The second-order valence-electron chi connectivity index (χ2n) is 7.48. The molecule has 3 rings (SSSR count). The van der Waals surface area contributed by atoms with Crippen molar-refractivity contribution >= 4 is 28.9 Å². The fourth-order valence-corrected chi connectivity index (χ4v) is 3.32. The molecule has 138 valence electrons. The van der Waals surface area contributed by atoms with E-state index in [2.05, 4.69) is 0 Å². The number of ether oxygens (including phenoxy) is 2. The molecule has 0 aliphatic heterocycles. The van der Waals surface area contributed by atoms with Crippen LogP contribution in [-0.2, 0) is 19.1 Å². The molecule has 7 heteroatoms. The number of rotatable bonds is 3. The van der Waals surface area contributed by atoms with Crippen LogP contribution in [0.1, 0.15) is 38.7 Å². The summed E-state index contributed by atoms with van der Waals surface area (Å²) in [6.07, 6.45) is 1.15. The number of carboxylic acids is 1. The summed E-state index contributed by atoms with van der Waals surface area (Å²) in [5.41, 5.74) is -1.04. The summed E-state index contributed by atoms with van der Waals surface area (Å²) < 4.78 is 11.5. The van der Waals surface area contributed by atoms with E-state index in [1.807, 2.05) is 0 Å². The predicted octanol–water partition coefficient (Wildman–Crippen LogP) is 3.16. The minimum absolute atomic E-state index is 0.136. The molecule has 1 aliphatic carbocycles. The maximum Gasteiger partial charge on any atom is 0.419 e. The molecule has 7 nitrogen and oxygen atoms in total. The minimum Gasteiger partial charge on any atom is -0.480 e. The number of hydrogen-bond acceptors (Lipinski definition) is 5. The Morgan fingerprint density at radius 3 is 2.46 bits per heavy atom. The van der Waals surface area contributed by atoms with E-state index in [0.717, 1.165) is 5.39 Å². The summed E-state index contributed by atoms with van der Waals surface area (Å²) >= 11 is 0. The highest BCUT2D eigenvalue weighted by Crippen LogP contribution is 2.61. The fourth-order valence-electron chi connectivity index (χ4n) is 3.32. The van der Waals surface area contributed by atoms with Crippen LogP contribution in [0.2, 0.25) is 0 Å². The molecule has 2 atom stereocenters. The van der Waals surface area contributed by atoms with Crippen molar-refractivity contribution < 1.29 is 29.0 Å². The van der Waals surface area contributed by atoms with E-state index in [1.54, 1.807) is 51.2 Å². The number of aliphatic carboxylic acids is 1. The average Bonchev–Trinajstić information content (AvgIpc) is 3.20. The molecular weight excluding hydrogens is 338 g/mol. The Bertz CT molecular complexity index is 906. The number of hydrogen-bond donors (Lipinski definition) is 1. The first kappa shape index (κ1) is 18.0. The summed E-state index contributed by atoms with van der Waals surface area (Å²) in [5, 5.41) is 10.3. The Morgan fingerprint density at radius 2 is 1.88 bits per heavy atom. The molecule has 1 aromatic carbocycles. The third-order valence-electron chi connectivity index (χ3n) is 4.60. The molecule has 0 amide bonds. The number of carboxylic acid groups (broad SMARTS) is 1. The standard InChI is InChI=1S/C19H21NO6/c1-18(2,3)26-17(24)20-10-12(11-7-5-6-8-14(11)20)13-9-19(13,15(21)22)16(23)25-4/h5-8,10,13H,9H2,1-4H3,(H,21,22)/t13-,19-/m1/s1. The van der Waals surface area contributed by atoms with Crippen LogP contribution in [0.15, 0.2) is 30.5 Å². The van der Waals surface area contributed by atoms with E-state index in [1.165, 1.54) is 11.7 Å². The van der Waals surface area contributed by atoms with E-state index in [0.29, 0.717) is 11.1 Å². The summed E-state index contributed by atoms with van der Waals surface area (Å²) in [5.74, 6) is -2.55. The maximum absolute atomic E-state index is 12.5. The second-order valence-corrected chi connectivity index (χ2v) is 7.48. The fraction of sp³-hybridized carbons (Fsp3) is 0.421. The van der Waals surface area contributed by atoms with Gasteiger partial charge in [-0.1, -0.05) is 18.2 Å². The van der Waals surface area contributed by atoms with Crippen LogP contribution in [0.5, 0.6) is 0 Å². The molecule has 1 heterocycles. The molecule has 1 N–H and O–H groups in total. The molecule has 0 unspecified atom stereocenters. The van der Waals surface area contributed by atoms with Crippen LogP contribution in [0.3, 0.4) is 0 Å². The molecule has 1 saturated carbocycles. The minimum atomic E-state index is -1.60. The molecule has 26 heavy (non-hydrogen) atoms. The lowest BCUT2D eigenvalue weighted by Gasteiger charge is -2.19. The van der Waals surface area contributed by atoms with Crippen molar-refractivity contribution in [3.8, 4) is 0 Å². The van der Waals surface area contributed by atoms with E-state index >= 15 is 0 Å². The number of carbonyl (C=O) groups is 3. The Labute approximate surface area is 150 Å². The highest BCUT2D eigenvalue weighted by Gasteiger charge is 2.68. The topological polar surface area (TPSA) is 94.8 Å². The van der Waals surface area contributed by atoms with Gasteiger partial charge < -0.3 is 14.6 Å². The lowest BCUT2D eigenvalue weighted by molar-refractivity contribution is -0.159. The van der Waals surface area contributed by atoms with Gasteiger partial charge in [-0.25, -0.2) is 4.79 Å². The van der Waals surface area contributed by atoms with E-state index in [4.69, 9.17) is 9.47 Å². The first-order chi connectivity index (χ1) is 12.1. The zero-order valence-electron chi connectivity index (χ0n) is 15.1. The number of fused-ring (bicyclic) bond motifs is 1. The first-order valence-corrected chi connectivity index (χ1v) is 8.27. The van der Waals surface area contributed by atoms with Gasteiger partial charge in [-0.3, -0.25) is 14.2 Å². The van der Waals surface area contributed by atoms with Crippen molar-refractivity contribution in [3.05, 3.63) is 36.0 Å². The largest absolute Gasteiger partial charge is 0.480 e. The molecule has 2 aromatic rings. The van der Waals surface area contributed by atoms with Crippen molar-refractivity contribution in [2.24, 2.45) is 5.41 Å². The number of methoxy groups -OCH3 is 1. The van der Waals surface area contributed by atoms with Crippen LogP contribution in [0, 0.1) is 5.41 Å². The SMILES string of the molecule is COC(=O)[C@]1(C(=O)O)C[C@@H]1c1cn(C(=O)OC(C)(C)C)c2ccccc12. The van der Waals surface area contributed by atoms with Crippen LogP contribution < -0.4 is 0 Å². The molecule has 0 spiro atoms. The van der Waals surface area contributed by atoms with E-state index in [-0.39, 0.29) is 6.42 Å². The van der Waals surface area contributed by atoms with Crippen molar-refractivity contribution in [3.63, 3.8) is 0 Å². The van der Waals surface area contributed by atoms with Gasteiger partial charge in [-0.15, -0.1) is 0 Å². The Hall–Kier alpha value is -2.83. The molecule has 0 saturated heterocycles. The lowest BCUT2D eigenvalue weighted by Crippen LogP contribution is -2.28. The van der Waals surface area contributed by atoms with Gasteiger partial charge in [0.1, 0.15) is 5.60 Å². The van der Waals surface area contributed by atoms with E-state index < -0.39 is 35.0 Å². The quantitative estimate of drug-likeness (QED) is 0.668. The van der Waals surface area contributed by atoms with Gasteiger partial charge in [0.25, 0.3) is 0 Å². The van der Waals surface area contributed by atoms with Crippen molar-refractivity contribution in [1.29, 1.82) is 0 Å². The zero-order valence-corrected chi connectivity index (χ0v) is 15.1. The number of para-hydroxylation sites is 1. The number of nitrogens with zero attached hydrogens (tertiary/aromatic N) is 1. The second kappa shape index (κ2) is 5.86. The van der Waals surface area contributed by atoms with Gasteiger partial charge in [0, 0.05) is 17.5 Å². The zero-order chi connectivity index (χ0) is 19.3. The number of aromatic nitrogens is 1. The average molecular weight is 359 g/mol.